The number of carboxylic acids is 1. The number of carbonyl (C=O) groups is 1. The van der Waals surface area contributed by atoms with E-state index < -0.39 is 16.0 Å². The van der Waals surface area contributed by atoms with Crippen molar-refractivity contribution in [2.24, 2.45) is 0 Å². The van der Waals surface area contributed by atoms with Crippen molar-refractivity contribution in [3.8, 4) is 0 Å². The maximum absolute atomic E-state index is 12.2. The summed E-state index contributed by atoms with van der Waals surface area (Å²) in [5, 5.41) is 9.00. The summed E-state index contributed by atoms with van der Waals surface area (Å²) in [7, 11) is -2.13. The molecule has 0 atom stereocenters. The van der Waals surface area contributed by atoms with Crippen LogP contribution in [0.15, 0.2) is 27.6 Å². The first kappa shape index (κ1) is 15.4. The van der Waals surface area contributed by atoms with E-state index in [0.29, 0.717) is 17.3 Å². The van der Waals surface area contributed by atoms with Crippen LogP contribution in [0.25, 0.3) is 0 Å². The highest BCUT2D eigenvalue weighted by atomic mass is 79.9. The third-order valence-corrected chi connectivity index (χ3v) is 5.44. The lowest BCUT2D eigenvalue weighted by Crippen LogP contribution is -2.47. The lowest BCUT2D eigenvalue weighted by molar-refractivity contribution is 0.0236. The second-order valence-electron chi connectivity index (χ2n) is 4.59. The van der Waals surface area contributed by atoms with E-state index >= 15 is 0 Å². The standard InChI is InChI=1S/C12H14BrNO5S/c1-19-8-4-7(5-8)14-20(17,18)9-2-3-11(13)10(6-9)12(15)16/h2-3,6-8,14H,4-5H2,1H3,(H,15,16). The van der Waals surface area contributed by atoms with Gasteiger partial charge in [0, 0.05) is 17.6 Å². The molecule has 1 aromatic carbocycles. The number of carboxylic acid groups (broad SMARTS) is 1. The Balaban J connectivity index is 2.18. The number of hydrogen-bond acceptors (Lipinski definition) is 4. The van der Waals surface area contributed by atoms with E-state index in [1.54, 1.807) is 7.11 Å². The molecule has 8 heteroatoms. The van der Waals surface area contributed by atoms with Crippen molar-refractivity contribution in [2.45, 2.75) is 29.9 Å². The van der Waals surface area contributed by atoms with Gasteiger partial charge in [0.05, 0.1) is 16.6 Å². The van der Waals surface area contributed by atoms with Gasteiger partial charge in [-0.3, -0.25) is 0 Å². The lowest BCUT2D eigenvalue weighted by Gasteiger charge is -2.34. The molecule has 1 aliphatic rings. The van der Waals surface area contributed by atoms with E-state index in [4.69, 9.17) is 9.84 Å². The molecule has 1 fully saturated rings. The van der Waals surface area contributed by atoms with Crippen LogP contribution in [0.5, 0.6) is 0 Å². The first-order valence-corrected chi connectivity index (χ1v) is 8.19. The molecule has 0 aromatic heterocycles. The van der Waals surface area contributed by atoms with Gasteiger partial charge in [-0.15, -0.1) is 0 Å². The van der Waals surface area contributed by atoms with Crippen LogP contribution in [0, 0.1) is 0 Å². The van der Waals surface area contributed by atoms with Gasteiger partial charge in [0.25, 0.3) is 0 Å². The fraction of sp³-hybridized carbons (Fsp3) is 0.417. The third kappa shape index (κ3) is 3.20. The molecular formula is C12H14BrNO5S. The highest BCUT2D eigenvalue weighted by molar-refractivity contribution is 9.10. The van der Waals surface area contributed by atoms with E-state index in [1.165, 1.54) is 12.1 Å². The minimum Gasteiger partial charge on any atom is -0.478 e. The number of halogens is 1. The molecule has 0 saturated heterocycles. The van der Waals surface area contributed by atoms with Crippen molar-refractivity contribution < 1.29 is 23.1 Å². The van der Waals surface area contributed by atoms with Gasteiger partial charge in [-0.25, -0.2) is 17.9 Å². The molecule has 110 valence electrons. The van der Waals surface area contributed by atoms with Gasteiger partial charge < -0.3 is 9.84 Å². The van der Waals surface area contributed by atoms with E-state index in [0.717, 1.165) is 6.07 Å². The van der Waals surface area contributed by atoms with Gasteiger partial charge in [0.1, 0.15) is 0 Å². The summed E-state index contributed by atoms with van der Waals surface area (Å²) in [6.07, 6.45) is 1.33. The minimum atomic E-state index is -3.71. The molecule has 20 heavy (non-hydrogen) atoms. The highest BCUT2D eigenvalue weighted by Gasteiger charge is 2.32. The number of ether oxygens (including phenoxy) is 1. The van der Waals surface area contributed by atoms with E-state index in [-0.39, 0.29) is 22.6 Å². The Bertz CT molecular complexity index is 625. The molecule has 1 saturated carbocycles. The molecule has 2 N–H and O–H groups in total. The van der Waals surface area contributed by atoms with Crippen molar-refractivity contribution in [1.82, 2.24) is 4.72 Å². The van der Waals surface area contributed by atoms with Crippen LogP contribution < -0.4 is 4.72 Å². The van der Waals surface area contributed by atoms with Crippen LogP contribution in [0.3, 0.4) is 0 Å². The smallest absolute Gasteiger partial charge is 0.336 e. The Morgan fingerprint density at radius 2 is 2.10 bits per heavy atom. The van der Waals surface area contributed by atoms with Gasteiger partial charge in [-0.2, -0.15) is 0 Å². The second kappa shape index (κ2) is 5.80. The minimum absolute atomic E-state index is 0.0565. The van der Waals surface area contributed by atoms with Crippen LogP contribution in [-0.2, 0) is 14.8 Å². The van der Waals surface area contributed by atoms with Gasteiger partial charge in [-0.05, 0) is 47.0 Å². The molecule has 2 rings (SSSR count). The summed E-state index contributed by atoms with van der Waals surface area (Å²) < 4.78 is 32.3. The van der Waals surface area contributed by atoms with Crippen LogP contribution in [0.1, 0.15) is 23.2 Å². The molecule has 0 amide bonds. The number of methoxy groups -OCH3 is 1. The Morgan fingerprint density at radius 1 is 1.45 bits per heavy atom. The molecule has 6 nitrogen and oxygen atoms in total. The first-order chi connectivity index (χ1) is 9.33. The maximum Gasteiger partial charge on any atom is 0.336 e. The van der Waals surface area contributed by atoms with Gasteiger partial charge in [0.15, 0.2) is 0 Å². The summed E-state index contributed by atoms with van der Waals surface area (Å²) in [5.41, 5.74) is -0.0868. The molecule has 0 aliphatic heterocycles. The quantitative estimate of drug-likeness (QED) is 0.828. The van der Waals surface area contributed by atoms with Crippen molar-refractivity contribution >= 4 is 31.9 Å². The number of benzene rings is 1. The van der Waals surface area contributed by atoms with E-state index in [9.17, 15) is 13.2 Å². The normalized spacial score (nSPS) is 22.3. The van der Waals surface area contributed by atoms with E-state index in [1.807, 2.05) is 0 Å². The summed E-state index contributed by atoms with van der Waals surface area (Å²) in [6, 6.07) is 3.76. The Kier molecular flexibility index (Phi) is 4.48. The first-order valence-electron chi connectivity index (χ1n) is 5.91. The average Bonchev–Trinajstić information content (AvgIpc) is 2.33. The monoisotopic (exact) mass is 363 g/mol. The van der Waals surface area contributed by atoms with Gasteiger partial charge >= 0.3 is 5.97 Å². The molecule has 0 spiro atoms. The zero-order valence-corrected chi connectivity index (χ0v) is 13.1. The maximum atomic E-state index is 12.2. The fourth-order valence-electron chi connectivity index (χ4n) is 1.98. The fourth-order valence-corrected chi connectivity index (χ4v) is 3.68. The molecular weight excluding hydrogens is 350 g/mol. The zero-order chi connectivity index (χ0) is 14.9. The predicted molar refractivity (Wildman–Crippen MR) is 75.2 cm³/mol. The van der Waals surface area contributed by atoms with Crippen LogP contribution in [-0.4, -0.2) is 38.7 Å². The molecule has 1 aliphatic carbocycles. The average molecular weight is 364 g/mol. The van der Waals surface area contributed by atoms with Gasteiger partial charge in [-0.1, -0.05) is 0 Å². The van der Waals surface area contributed by atoms with Crippen molar-refractivity contribution in [3.63, 3.8) is 0 Å². The molecule has 1 aromatic rings. The van der Waals surface area contributed by atoms with Gasteiger partial charge in [0.2, 0.25) is 10.0 Å². The third-order valence-electron chi connectivity index (χ3n) is 3.23. The Hall–Kier alpha value is -0.960. The summed E-state index contributed by atoms with van der Waals surface area (Å²) in [4.78, 5) is 11.0. The number of hydrogen-bond donors (Lipinski definition) is 2. The predicted octanol–water partition coefficient (Wildman–Crippen LogP) is 1.60. The van der Waals surface area contributed by atoms with Crippen molar-refractivity contribution in [1.29, 1.82) is 0 Å². The molecule has 0 bridgehead atoms. The zero-order valence-electron chi connectivity index (χ0n) is 10.7. The SMILES string of the molecule is COC1CC(NS(=O)(=O)c2ccc(Br)c(C(=O)O)c2)C1. The molecule has 0 radical (unpaired) electrons. The Morgan fingerprint density at radius 3 is 2.65 bits per heavy atom. The van der Waals surface area contributed by atoms with Crippen LogP contribution in [0.2, 0.25) is 0 Å². The van der Waals surface area contributed by atoms with Crippen LogP contribution >= 0.6 is 15.9 Å². The van der Waals surface area contributed by atoms with Crippen LogP contribution in [0.4, 0.5) is 0 Å². The second-order valence-corrected chi connectivity index (χ2v) is 7.16. The summed E-state index contributed by atoms with van der Waals surface area (Å²) >= 11 is 3.08. The topological polar surface area (TPSA) is 92.7 Å². The molecule has 0 unspecified atom stereocenters. The molecule has 0 heterocycles. The summed E-state index contributed by atoms with van der Waals surface area (Å²) in [5.74, 6) is -1.18. The lowest BCUT2D eigenvalue weighted by atomic mass is 9.90. The van der Waals surface area contributed by atoms with E-state index in [2.05, 4.69) is 20.7 Å². The highest BCUT2D eigenvalue weighted by Crippen LogP contribution is 2.26. The summed E-state index contributed by atoms with van der Waals surface area (Å²) in [6.45, 7) is 0. The Labute approximate surface area is 125 Å². The number of rotatable bonds is 5. The number of sulfonamides is 1. The van der Waals surface area contributed by atoms with Crippen molar-refractivity contribution in [2.75, 3.05) is 7.11 Å². The van der Waals surface area contributed by atoms with Crippen molar-refractivity contribution in [3.05, 3.63) is 28.2 Å². The number of aromatic carboxylic acids is 1. The number of nitrogens with one attached hydrogen (secondary N) is 1. The largest absolute Gasteiger partial charge is 0.478 e.